The molecule has 22 heavy (non-hydrogen) atoms. The highest BCUT2D eigenvalue weighted by Crippen LogP contribution is 2.28. The van der Waals surface area contributed by atoms with E-state index >= 15 is 0 Å². The van der Waals surface area contributed by atoms with Crippen LogP contribution >= 0.6 is 0 Å². The standard InChI is InChI=1S/C14H12N4O4/c1-10-2-4-11(5-3-10)9-15-16-13-7-6-12(17(19)20)8-14(13)18(21)22/h2-9,16H,1H3/b15-9+. The van der Waals surface area contributed by atoms with Crippen LogP contribution in [0.25, 0.3) is 0 Å². The van der Waals surface area contributed by atoms with Gasteiger partial charge in [0.05, 0.1) is 22.1 Å². The summed E-state index contributed by atoms with van der Waals surface area (Å²) >= 11 is 0. The van der Waals surface area contributed by atoms with Gasteiger partial charge in [-0.05, 0) is 18.6 Å². The quantitative estimate of drug-likeness (QED) is 0.517. The highest BCUT2D eigenvalue weighted by Gasteiger charge is 2.18. The number of hydrazone groups is 1. The van der Waals surface area contributed by atoms with E-state index in [2.05, 4.69) is 10.5 Å². The zero-order valence-corrected chi connectivity index (χ0v) is 11.6. The fourth-order valence-electron chi connectivity index (χ4n) is 1.71. The minimum Gasteiger partial charge on any atom is -0.272 e. The van der Waals surface area contributed by atoms with Crippen molar-refractivity contribution in [1.29, 1.82) is 0 Å². The number of nitrogens with one attached hydrogen (secondary N) is 1. The van der Waals surface area contributed by atoms with Gasteiger partial charge in [0.1, 0.15) is 5.69 Å². The number of nitrogens with zero attached hydrogens (tertiary/aromatic N) is 3. The van der Waals surface area contributed by atoms with Gasteiger partial charge in [0.2, 0.25) is 0 Å². The Balaban J connectivity index is 2.20. The Morgan fingerprint density at radius 2 is 1.73 bits per heavy atom. The van der Waals surface area contributed by atoms with Crippen molar-refractivity contribution in [3.05, 3.63) is 73.8 Å². The molecule has 0 bridgehead atoms. The molecule has 2 aromatic carbocycles. The molecule has 8 nitrogen and oxygen atoms in total. The molecule has 2 aromatic rings. The number of non-ortho nitro benzene ring substituents is 1. The van der Waals surface area contributed by atoms with Crippen molar-refractivity contribution in [3.63, 3.8) is 0 Å². The molecule has 0 fully saturated rings. The number of hydrogen-bond donors (Lipinski definition) is 1. The van der Waals surface area contributed by atoms with Crippen molar-refractivity contribution in [3.8, 4) is 0 Å². The SMILES string of the molecule is Cc1ccc(/C=N/Nc2ccc([N+](=O)[O-])cc2[N+](=O)[O-])cc1. The van der Waals surface area contributed by atoms with Crippen LogP contribution in [0.2, 0.25) is 0 Å². The molecule has 0 heterocycles. The molecule has 0 unspecified atom stereocenters. The van der Waals surface area contributed by atoms with Gasteiger partial charge in [0.25, 0.3) is 5.69 Å². The van der Waals surface area contributed by atoms with E-state index in [0.717, 1.165) is 17.2 Å². The molecule has 8 heteroatoms. The second-order valence-electron chi connectivity index (χ2n) is 4.50. The minimum absolute atomic E-state index is 0.0824. The molecule has 0 aromatic heterocycles. The van der Waals surface area contributed by atoms with Crippen molar-refractivity contribution in [2.24, 2.45) is 5.10 Å². The van der Waals surface area contributed by atoms with Crippen LogP contribution in [0.5, 0.6) is 0 Å². The van der Waals surface area contributed by atoms with Crippen molar-refractivity contribution >= 4 is 23.3 Å². The molecule has 0 aliphatic rings. The second-order valence-corrected chi connectivity index (χ2v) is 4.50. The molecule has 1 N–H and O–H groups in total. The number of aryl methyl sites for hydroxylation is 1. The van der Waals surface area contributed by atoms with E-state index in [9.17, 15) is 20.2 Å². The maximum absolute atomic E-state index is 11.0. The summed E-state index contributed by atoms with van der Waals surface area (Å²) in [5, 5.41) is 25.5. The van der Waals surface area contributed by atoms with Crippen LogP contribution < -0.4 is 5.43 Å². The van der Waals surface area contributed by atoms with Gasteiger partial charge in [-0.15, -0.1) is 0 Å². The van der Waals surface area contributed by atoms with E-state index in [1.807, 2.05) is 31.2 Å². The molecule has 0 aliphatic carbocycles. The van der Waals surface area contributed by atoms with Crippen molar-refractivity contribution < 1.29 is 9.85 Å². The Bertz CT molecular complexity index is 741. The number of nitro benzene ring substituents is 2. The average molecular weight is 300 g/mol. The van der Waals surface area contributed by atoms with Gasteiger partial charge in [-0.3, -0.25) is 25.7 Å². The maximum Gasteiger partial charge on any atom is 0.301 e. The number of benzene rings is 2. The molecular weight excluding hydrogens is 288 g/mol. The van der Waals surface area contributed by atoms with Gasteiger partial charge in [-0.2, -0.15) is 5.10 Å². The van der Waals surface area contributed by atoms with E-state index < -0.39 is 15.5 Å². The van der Waals surface area contributed by atoms with Crippen LogP contribution in [0.15, 0.2) is 47.6 Å². The zero-order chi connectivity index (χ0) is 16.1. The smallest absolute Gasteiger partial charge is 0.272 e. The van der Waals surface area contributed by atoms with Crippen molar-refractivity contribution in [2.45, 2.75) is 6.92 Å². The van der Waals surface area contributed by atoms with Gasteiger partial charge in [-0.25, -0.2) is 0 Å². The highest BCUT2D eigenvalue weighted by molar-refractivity contribution is 5.80. The summed E-state index contributed by atoms with van der Waals surface area (Å²) in [5.41, 5.74) is 3.79. The van der Waals surface area contributed by atoms with Crippen LogP contribution in [-0.4, -0.2) is 16.1 Å². The lowest BCUT2D eigenvalue weighted by Gasteiger charge is -2.02. The normalized spacial score (nSPS) is 10.6. The van der Waals surface area contributed by atoms with Crippen LogP contribution in [0.1, 0.15) is 11.1 Å². The molecule has 0 aliphatic heterocycles. The molecule has 112 valence electrons. The summed E-state index contributed by atoms with van der Waals surface area (Å²) in [7, 11) is 0. The Kier molecular flexibility index (Phi) is 4.42. The predicted molar refractivity (Wildman–Crippen MR) is 82.1 cm³/mol. The molecule has 0 spiro atoms. The van der Waals surface area contributed by atoms with Crippen LogP contribution in [0.3, 0.4) is 0 Å². The molecular formula is C14H12N4O4. The fourth-order valence-corrected chi connectivity index (χ4v) is 1.71. The van der Waals surface area contributed by atoms with Gasteiger partial charge in [0, 0.05) is 6.07 Å². The molecule has 0 saturated carbocycles. The van der Waals surface area contributed by atoms with Crippen LogP contribution in [0.4, 0.5) is 17.1 Å². The lowest BCUT2D eigenvalue weighted by Crippen LogP contribution is -1.98. The number of hydrogen-bond acceptors (Lipinski definition) is 6. The molecule has 0 atom stereocenters. The van der Waals surface area contributed by atoms with E-state index in [-0.39, 0.29) is 11.4 Å². The Labute approximate surface area is 125 Å². The first-order valence-corrected chi connectivity index (χ1v) is 6.26. The summed E-state index contributed by atoms with van der Waals surface area (Å²) in [6, 6.07) is 10.9. The zero-order valence-electron chi connectivity index (χ0n) is 11.6. The monoisotopic (exact) mass is 300 g/mol. The van der Waals surface area contributed by atoms with Crippen molar-refractivity contribution in [2.75, 3.05) is 5.43 Å². The van der Waals surface area contributed by atoms with Gasteiger partial charge in [0.15, 0.2) is 0 Å². The largest absolute Gasteiger partial charge is 0.301 e. The van der Waals surface area contributed by atoms with E-state index in [1.165, 1.54) is 18.3 Å². The average Bonchev–Trinajstić information content (AvgIpc) is 2.49. The van der Waals surface area contributed by atoms with Gasteiger partial charge >= 0.3 is 5.69 Å². The Morgan fingerprint density at radius 1 is 1.05 bits per heavy atom. The third-order valence-corrected chi connectivity index (χ3v) is 2.86. The van der Waals surface area contributed by atoms with Crippen molar-refractivity contribution in [1.82, 2.24) is 0 Å². The summed E-state index contributed by atoms with van der Waals surface area (Å²) in [4.78, 5) is 20.2. The fraction of sp³-hybridized carbons (Fsp3) is 0.0714. The second kappa shape index (κ2) is 6.44. The predicted octanol–water partition coefficient (Wildman–Crippen LogP) is 3.26. The summed E-state index contributed by atoms with van der Waals surface area (Å²) in [6.45, 7) is 1.96. The maximum atomic E-state index is 11.0. The molecule has 0 saturated heterocycles. The van der Waals surface area contributed by atoms with E-state index in [1.54, 1.807) is 0 Å². The Morgan fingerprint density at radius 3 is 2.32 bits per heavy atom. The van der Waals surface area contributed by atoms with Crippen LogP contribution in [-0.2, 0) is 0 Å². The summed E-state index contributed by atoms with van der Waals surface area (Å²) < 4.78 is 0. The number of nitro groups is 2. The van der Waals surface area contributed by atoms with E-state index in [4.69, 9.17) is 0 Å². The van der Waals surface area contributed by atoms with Gasteiger partial charge in [-0.1, -0.05) is 29.8 Å². The lowest BCUT2D eigenvalue weighted by molar-refractivity contribution is -0.393. The molecule has 0 radical (unpaired) electrons. The van der Waals surface area contributed by atoms with Crippen LogP contribution in [0, 0.1) is 27.2 Å². The minimum atomic E-state index is -0.698. The number of anilines is 1. The third-order valence-electron chi connectivity index (χ3n) is 2.86. The third kappa shape index (κ3) is 3.63. The molecule has 2 rings (SSSR count). The topological polar surface area (TPSA) is 111 Å². The first-order chi connectivity index (χ1) is 10.5. The number of rotatable bonds is 5. The first-order valence-electron chi connectivity index (χ1n) is 6.26. The summed E-state index contributed by atoms with van der Waals surface area (Å²) in [6.07, 6.45) is 1.50. The van der Waals surface area contributed by atoms with Gasteiger partial charge < -0.3 is 0 Å². The highest BCUT2D eigenvalue weighted by atomic mass is 16.6. The van der Waals surface area contributed by atoms with E-state index in [0.29, 0.717) is 0 Å². The summed E-state index contributed by atoms with van der Waals surface area (Å²) in [5.74, 6) is 0. The first kappa shape index (κ1) is 15.1. The lowest BCUT2D eigenvalue weighted by atomic mass is 10.2. The Hall–Kier alpha value is -3.29. The molecule has 0 amide bonds.